The van der Waals surface area contributed by atoms with Crippen LogP contribution >= 0.6 is 11.6 Å². The van der Waals surface area contributed by atoms with Gasteiger partial charge in [0.2, 0.25) is 5.91 Å². The number of aromatic nitrogens is 3. The molecule has 122 valence electrons. The van der Waals surface area contributed by atoms with E-state index >= 15 is 0 Å². The Hall–Kier alpha value is -1.88. The molecule has 1 saturated heterocycles. The van der Waals surface area contributed by atoms with Crippen LogP contribution in [-0.4, -0.2) is 38.7 Å². The van der Waals surface area contributed by atoms with Gasteiger partial charge in [-0.1, -0.05) is 17.7 Å². The molecule has 0 aliphatic carbocycles. The van der Waals surface area contributed by atoms with Crippen LogP contribution in [0.25, 0.3) is 0 Å². The van der Waals surface area contributed by atoms with Crippen molar-refractivity contribution in [1.29, 1.82) is 0 Å². The van der Waals surface area contributed by atoms with Gasteiger partial charge in [-0.3, -0.25) is 14.5 Å². The van der Waals surface area contributed by atoms with E-state index in [1.807, 2.05) is 24.1 Å². The Morgan fingerprint density at radius 3 is 2.96 bits per heavy atom. The van der Waals surface area contributed by atoms with Crippen LogP contribution in [0.5, 0.6) is 0 Å². The Bertz CT molecular complexity index is 667. The van der Waals surface area contributed by atoms with Crippen LogP contribution in [0.3, 0.4) is 0 Å². The zero-order valence-corrected chi connectivity index (χ0v) is 14.0. The number of piperidine rings is 1. The van der Waals surface area contributed by atoms with Crippen LogP contribution in [0.4, 0.5) is 0 Å². The lowest BCUT2D eigenvalue weighted by atomic mass is 9.92. The summed E-state index contributed by atoms with van der Waals surface area (Å²) in [7, 11) is 0. The topological polar surface area (TPSA) is 51.0 Å². The van der Waals surface area contributed by atoms with E-state index in [-0.39, 0.29) is 12.5 Å². The van der Waals surface area contributed by atoms with Crippen molar-refractivity contribution in [3.05, 3.63) is 47.0 Å². The maximum absolute atomic E-state index is 12.4. The van der Waals surface area contributed by atoms with Gasteiger partial charge < -0.3 is 4.90 Å². The first kappa shape index (κ1) is 16.0. The number of likely N-dealkylation sites (tertiary alicyclic amines) is 1. The van der Waals surface area contributed by atoms with E-state index in [1.54, 1.807) is 17.1 Å². The summed E-state index contributed by atoms with van der Waals surface area (Å²) < 4.78 is 1.60. The molecule has 2 aromatic rings. The highest BCUT2D eigenvalue weighted by Gasteiger charge is 2.24. The van der Waals surface area contributed by atoms with Crippen molar-refractivity contribution in [2.24, 2.45) is 5.92 Å². The van der Waals surface area contributed by atoms with Crippen molar-refractivity contribution in [3.63, 3.8) is 0 Å². The fourth-order valence-electron chi connectivity index (χ4n) is 3.07. The van der Waals surface area contributed by atoms with E-state index in [9.17, 15) is 4.79 Å². The van der Waals surface area contributed by atoms with Crippen molar-refractivity contribution in [2.75, 3.05) is 13.1 Å². The SMILES string of the molecule is Cc1ccc(C[C@@H]2CCCN(C(=O)Cn3cc(Cl)cn3)C2)cn1. The van der Waals surface area contributed by atoms with Crippen LogP contribution in [0.2, 0.25) is 5.02 Å². The van der Waals surface area contributed by atoms with Crippen molar-refractivity contribution >= 4 is 17.5 Å². The summed E-state index contributed by atoms with van der Waals surface area (Å²) in [4.78, 5) is 18.7. The Morgan fingerprint density at radius 1 is 1.39 bits per heavy atom. The summed E-state index contributed by atoms with van der Waals surface area (Å²) in [6.07, 6.45) is 8.37. The van der Waals surface area contributed by atoms with Gasteiger partial charge >= 0.3 is 0 Å². The molecular weight excluding hydrogens is 312 g/mol. The maximum atomic E-state index is 12.4. The molecule has 0 saturated carbocycles. The molecule has 3 rings (SSSR count). The van der Waals surface area contributed by atoms with Gasteiger partial charge in [0.1, 0.15) is 6.54 Å². The van der Waals surface area contributed by atoms with Gasteiger partial charge in [-0.05, 0) is 43.7 Å². The van der Waals surface area contributed by atoms with Crippen molar-refractivity contribution in [3.8, 4) is 0 Å². The number of hydrogen-bond donors (Lipinski definition) is 0. The fraction of sp³-hybridized carbons (Fsp3) is 0.471. The molecule has 1 aliphatic rings. The highest BCUT2D eigenvalue weighted by atomic mass is 35.5. The van der Waals surface area contributed by atoms with E-state index in [4.69, 9.17) is 11.6 Å². The van der Waals surface area contributed by atoms with Gasteiger partial charge in [-0.25, -0.2) is 0 Å². The first-order chi connectivity index (χ1) is 11.1. The van der Waals surface area contributed by atoms with E-state index in [1.165, 1.54) is 5.56 Å². The predicted octanol–water partition coefficient (Wildman–Crippen LogP) is 2.72. The molecule has 1 fully saturated rings. The molecule has 6 heteroatoms. The smallest absolute Gasteiger partial charge is 0.244 e. The Kier molecular flexibility index (Phi) is 4.96. The third-order valence-electron chi connectivity index (χ3n) is 4.27. The number of nitrogens with zero attached hydrogens (tertiary/aromatic N) is 4. The van der Waals surface area contributed by atoms with Crippen LogP contribution < -0.4 is 0 Å². The first-order valence-corrected chi connectivity index (χ1v) is 8.35. The molecule has 0 unspecified atom stereocenters. The standard InChI is InChI=1S/C17H21ClN4O/c1-13-4-5-14(8-19-13)7-15-3-2-6-21(10-15)17(23)12-22-11-16(18)9-20-22/h4-5,8-9,11,15H,2-3,6-7,10,12H2,1H3/t15-/m0/s1. The minimum absolute atomic E-state index is 0.108. The van der Waals surface area contributed by atoms with Gasteiger partial charge in [0.05, 0.1) is 11.2 Å². The molecule has 0 aromatic carbocycles. The van der Waals surface area contributed by atoms with Gasteiger partial charge in [0.15, 0.2) is 0 Å². The molecule has 0 spiro atoms. The summed E-state index contributed by atoms with van der Waals surface area (Å²) in [6.45, 7) is 3.88. The molecule has 1 amide bonds. The second-order valence-electron chi connectivity index (χ2n) is 6.22. The van der Waals surface area contributed by atoms with Crippen molar-refractivity contribution in [2.45, 2.75) is 32.7 Å². The fourth-order valence-corrected chi connectivity index (χ4v) is 3.23. The Balaban J connectivity index is 1.57. The van der Waals surface area contributed by atoms with Crippen molar-refractivity contribution in [1.82, 2.24) is 19.7 Å². The number of aryl methyl sites for hydroxylation is 1. The summed E-state index contributed by atoms with van der Waals surface area (Å²) in [5.74, 6) is 0.606. The van der Waals surface area contributed by atoms with Gasteiger partial charge in [-0.15, -0.1) is 0 Å². The lowest BCUT2D eigenvalue weighted by molar-refractivity contribution is -0.133. The molecule has 23 heavy (non-hydrogen) atoms. The van der Waals surface area contributed by atoms with Gasteiger partial charge in [0, 0.05) is 31.2 Å². The third kappa shape index (κ3) is 4.32. The molecule has 3 heterocycles. The number of rotatable bonds is 4. The molecule has 1 aliphatic heterocycles. The average Bonchev–Trinajstić information content (AvgIpc) is 2.95. The summed E-state index contributed by atoms with van der Waals surface area (Å²) >= 11 is 5.84. The summed E-state index contributed by atoms with van der Waals surface area (Å²) in [5, 5.41) is 4.63. The van der Waals surface area contributed by atoms with E-state index in [2.05, 4.69) is 16.1 Å². The predicted molar refractivity (Wildman–Crippen MR) is 89.2 cm³/mol. The molecule has 0 radical (unpaired) electrons. The average molecular weight is 333 g/mol. The van der Waals surface area contributed by atoms with E-state index in [0.29, 0.717) is 10.9 Å². The van der Waals surface area contributed by atoms with Gasteiger partial charge in [0.25, 0.3) is 0 Å². The maximum Gasteiger partial charge on any atom is 0.244 e. The third-order valence-corrected chi connectivity index (χ3v) is 4.46. The molecular formula is C17H21ClN4O. The first-order valence-electron chi connectivity index (χ1n) is 7.97. The highest BCUT2D eigenvalue weighted by Crippen LogP contribution is 2.21. The number of amides is 1. The zero-order valence-electron chi connectivity index (χ0n) is 13.3. The van der Waals surface area contributed by atoms with Gasteiger partial charge in [-0.2, -0.15) is 5.10 Å². The summed E-state index contributed by atoms with van der Waals surface area (Å²) in [5.41, 5.74) is 2.28. The van der Waals surface area contributed by atoms with Crippen LogP contribution in [0.1, 0.15) is 24.1 Å². The highest BCUT2D eigenvalue weighted by molar-refractivity contribution is 6.30. The van der Waals surface area contributed by atoms with Crippen LogP contribution in [0.15, 0.2) is 30.7 Å². The monoisotopic (exact) mass is 332 g/mol. The Labute approximate surface area is 141 Å². The quantitative estimate of drug-likeness (QED) is 0.865. The number of hydrogen-bond acceptors (Lipinski definition) is 3. The second kappa shape index (κ2) is 7.13. The molecule has 1 atom stereocenters. The van der Waals surface area contributed by atoms with E-state index in [0.717, 1.165) is 38.0 Å². The molecule has 0 N–H and O–H groups in total. The normalized spacial score (nSPS) is 18.2. The number of carbonyl (C=O) groups excluding carboxylic acids is 1. The zero-order chi connectivity index (χ0) is 16.2. The molecule has 0 bridgehead atoms. The minimum Gasteiger partial charge on any atom is -0.341 e. The van der Waals surface area contributed by atoms with Crippen LogP contribution in [0, 0.1) is 12.8 Å². The number of halogens is 1. The molecule has 2 aromatic heterocycles. The van der Waals surface area contributed by atoms with Crippen molar-refractivity contribution < 1.29 is 4.79 Å². The van der Waals surface area contributed by atoms with Crippen LogP contribution in [-0.2, 0) is 17.8 Å². The number of carbonyl (C=O) groups is 1. The number of pyridine rings is 1. The Morgan fingerprint density at radius 2 is 2.26 bits per heavy atom. The lowest BCUT2D eigenvalue weighted by Crippen LogP contribution is -2.42. The second-order valence-corrected chi connectivity index (χ2v) is 6.65. The summed E-state index contributed by atoms with van der Waals surface area (Å²) in [6, 6.07) is 4.18. The largest absolute Gasteiger partial charge is 0.341 e. The lowest BCUT2D eigenvalue weighted by Gasteiger charge is -2.33. The minimum atomic E-state index is 0.108. The van der Waals surface area contributed by atoms with E-state index < -0.39 is 0 Å². The molecule has 5 nitrogen and oxygen atoms in total.